The van der Waals surface area contributed by atoms with E-state index in [-0.39, 0.29) is 0 Å². The molecule has 0 unspecified atom stereocenters. The van der Waals surface area contributed by atoms with E-state index in [0.29, 0.717) is 0 Å². The van der Waals surface area contributed by atoms with Crippen molar-refractivity contribution in [2.45, 2.75) is 0 Å². The maximum absolute atomic E-state index is 6.82. The maximum Gasteiger partial charge on any atom is 0.213 e. The van der Waals surface area contributed by atoms with Crippen LogP contribution in [0.15, 0.2) is 199 Å². The van der Waals surface area contributed by atoms with Gasteiger partial charge in [0.1, 0.15) is 0 Å². The van der Waals surface area contributed by atoms with Gasteiger partial charge in [-0.25, -0.2) is 0 Å². The van der Waals surface area contributed by atoms with E-state index in [1.165, 1.54) is 38.4 Å². The van der Waals surface area contributed by atoms with Gasteiger partial charge in [0.2, 0.25) is 5.71 Å². The third kappa shape index (κ3) is 4.90. The minimum atomic E-state index is 0.837. The number of oxazole rings is 1. The number of aromatic nitrogens is 1. The van der Waals surface area contributed by atoms with Crippen LogP contribution in [0.25, 0.3) is 71.9 Å². The van der Waals surface area contributed by atoms with Crippen molar-refractivity contribution in [3.63, 3.8) is 0 Å². The molecular formula is C48H32N2O. The quantitative estimate of drug-likeness (QED) is 0.178. The second-order valence-corrected chi connectivity index (χ2v) is 13.0. The normalized spacial score (nSPS) is 11.5. The molecule has 3 heteroatoms. The molecule has 240 valence electrons. The van der Waals surface area contributed by atoms with Crippen LogP contribution in [0.4, 0.5) is 17.1 Å². The van der Waals surface area contributed by atoms with Crippen molar-refractivity contribution in [3.8, 4) is 33.4 Å². The fourth-order valence-corrected chi connectivity index (χ4v) is 7.60. The van der Waals surface area contributed by atoms with Gasteiger partial charge in [-0.05, 0) is 81.1 Å². The number of hydrogen-bond acceptors (Lipinski definition) is 2. The van der Waals surface area contributed by atoms with Crippen molar-refractivity contribution in [1.82, 2.24) is 4.40 Å². The molecule has 10 aromatic rings. The van der Waals surface area contributed by atoms with E-state index in [0.717, 1.165) is 50.5 Å². The van der Waals surface area contributed by atoms with Crippen molar-refractivity contribution in [1.29, 1.82) is 0 Å². The van der Waals surface area contributed by atoms with E-state index in [4.69, 9.17) is 4.42 Å². The number of rotatable bonds is 6. The van der Waals surface area contributed by atoms with Gasteiger partial charge in [0.05, 0.1) is 16.6 Å². The third-order valence-corrected chi connectivity index (χ3v) is 10.0. The predicted molar refractivity (Wildman–Crippen MR) is 213 cm³/mol. The average Bonchev–Trinajstić information content (AvgIpc) is 3.73. The van der Waals surface area contributed by atoms with Crippen LogP contribution in [-0.2, 0) is 0 Å². The zero-order chi connectivity index (χ0) is 33.7. The summed E-state index contributed by atoms with van der Waals surface area (Å²) in [5, 5.41) is 3.68. The summed E-state index contributed by atoms with van der Waals surface area (Å²) < 4.78 is 9.08. The molecule has 0 saturated carbocycles. The largest absolute Gasteiger partial charge is 0.437 e. The van der Waals surface area contributed by atoms with Crippen LogP contribution in [0.3, 0.4) is 0 Å². The summed E-state index contributed by atoms with van der Waals surface area (Å²) in [4.78, 5) is 2.31. The highest BCUT2D eigenvalue weighted by atomic mass is 16.3. The van der Waals surface area contributed by atoms with E-state index in [9.17, 15) is 0 Å². The molecule has 0 aliphatic carbocycles. The number of fused-ring (bicyclic) bond motifs is 6. The van der Waals surface area contributed by atoms with Crippen LogP contribution in [0.5, 0.6) is 0 Å². The monoisotopic (exact) mass is 652 g/mol. The second kappa shape index (κ2) is 11.9. The standard InChI is InChI=1S/C48H32N2O/c1-3-12-33(13-4-1)34-22-26-38(27-23-34)49(39-28-24-36(25-29-39)42-20-11-17-35-14-7-8-18-41(35)42)40-30-31-45-46(32-40)51-48-47(37-15-5-2-6-16-37)43-19-9-10-21-44(43)50(45)48/h1-32H. The van der Waals surface area contributed by atoms with E-state index >= 15 is 0 Å². The molecule has 2 heterocycles. The second-order valence-electron chi connectivity index (χ2n) is 13.0. The smallest absolute Gasteiger partial charge is 0.213 e. The zero-order valence-electron chi connectivity index (χ0n) is 27.8. The zero-order valence-corrected chi connectivity index (χ0v) is 27.8. The van der Waals surface area contributed by atoms with Gasteiger partial charge < -0.3 is 9.32 Å². The molecular weight excluding hydrogens is 621 g/mol. The molecule has 0 fully saturated rings. The molecule has 51 heavy (non-hydrogen) atoms. The SMILES string of the molecule is c1ccc(-c2ccc(N(c3ccc(-c4cccc5ccccc45)cc3)c3ccc4c(c3)oc3c(-c5ccccc5)c5ccccc5n34)cc2)cc1. The minimum absolute atomic E-state index is 0.837. The fraction of sp³-hybridized carbons (Fsp3) is 0. The summed E-state index contributed by atoms with van der Waals surface area (Å²) in [7, 11) is 0. The van der Waals surface area contributed by atoms with Crippen molar-refractivity contribution in [3.05, 3.63) is 194 Å². The van der Waals surface area contributed by atoms with Gasteiger partial charge in [0.15, 0.2) is 5.58 Å². The summed E-state index contributed by atoms with van der Waals surface area (Å²) in [5.74, 6) is 0. The van der Waals surface area contributed by atoms with Gasteiger partial charge in [-0.2, -0.15) is 0 Å². The topological polar surface area (TPSA) is 20.8 Å². The number of para-hydroxylation sites is 1. The summed E-state index contributed by atoms with van der Waals surface area (Å²) >= 11 is 0. The van der Waals surface area contributed by atoms with Gasteiger partial charge >= 0.3 is 0 Å². The first-order valence-electron chi connectivity index (χ1n) is 17.4. The highest BCUT2D eigenvalue weighted by molar-refractivity contribution is 6.07. The molecule has 10 rings (SSSR count). The van der Waals surface area contributed by atoms with Gasteiger partial charge in [-0.3, -0.25) is 4.40 Å². The molecule has 0 bridgehead atoms. The Morgan fingerprint density at radius 1 is 0.392 bits per heavy atom. The molecule has 8 aromatic carbocycles. The van der Waals surface area contributed by atoms with Gasteiger partial charge in [0.25, 0.3) is 0 Å². The Labute approximate surface area is 295 Å². The molecule has 0 spiro atoms. The number of hydrogen-bond donors (Lipinski definition) is 0. The van der Waals surface area contributed by atoms with Crippen LogP contribution < -0.4 is 4.90 Å². The summed E-state index contributed by atoms with van der Waals surface area (Å²) in [6.07, 6.45) is 0. The van der Waals surface area contributed by atoms with Crippen molar-refractivity contribution >= 4 is 55.6 Å². The molecule has 0 amide bonds. The van der Waals surface area contributed by atoms with Crippen LogP contribution >= 0.6 is 0 Å². The average molecular weight is 653 g/mol. The Balaban J connectivity index is 1.13. The first kappa shape index (κ1) is 29.1. The van der Waals surface area contributed by atoms with Gasteiger partial charge in [-0.15, -0.1) is 0 Å². The van der Waals surface area contributed by atoms with Crippen molar-refractivity contribution in [2.75, 3.05) is 4.90 Å². The van der Waals surface area contributed by atoms with Crippen LogP contribution in [0.2, 0.25) is 0 Å². The Morgan fingerprint density at radius 2 is 0.961 bits per heavy atom. The first-order valence-corrected chi connectivity index (χ1v) is 17.4. The first-order chi connectivity index (χ1) is 25.3. The molecule has 0 aliphatic heterocycles. The lowest BCUT2D eigenvalue weighted by molar-refractivity contribution is 0.658. The Kier molecular flexibility index (Phi) is 6.81. The molecule has 0 atom stereocenters. The van der Waals surface area contributed by atoms with Crippen LogP contribution in [0, 0.1) is 0 Å². The Bertz CT molecular complexity index is 2820. The lowest BCUT2D eigenvalue weighted by Gasteiger charge is -2.26. The Hall–Kier alpha value is -6.84. The maximum atomic E-state index is 6.82. The van der Waals surface area contributed by atoms with E-state index < -0.39 is 0 Å². The molecule has 2 aromatic heterocycles. The van der Waals surface area contributed by atoms with E-state index in [1.54, 1.807) is 0 Å². The summed E-state index contributed by atoms with van der Waals surface area (Å²) in [6, 6.07) is 69.0. The molecule has 3 nitrogen and oxygen atoms in total. The third-order valence-electron chi connectivity index (χ3n) is 10.0. The molecule has 0 saturated heterocycles. The Morgan fingerprint density at radius 3 is 1.71 bits per heavy atom. The lowest BCUT2D eigenvalue weighted by Crippen LogP contribution is -2.09. The number of benzene rings is 8. The van der Waals surface area contributed by atoms with Gasteiger partial charge in [0, 0.05) is 28.5 Å². The molecule has 0 N–H and O–H groups in total. The summed E-state index contributed by atoms with van der Waals surface area (Å²) in [5.41, 5.74) is 14.1. The highest BCUT2D eigenvalue weighted by Gasteiger charge is 2.21. The number of anilines is 3. The summed E-state index contributed by atoms with van der Waals surface area (Å²) in [6.45, 7) is 0. The number of nitrogens with zero attached hydrogens (tertiary/aromatic N) is 2. The van der Waals surface area contributed by atoms with Crippen molar-refractivity contribution < 1.29 is 4.42 Å². The fourth-order valence-electron chi connectivity index (χ4n) is 7.60. The van der Waals surface area contributed by atoms with E-state index in [1.807, 2.05) is 0 Å². The lowest BCUT2D eigenvalue weighted by atomic mass is 9.98. The predicted octanol–water partition coefficient (Wildman–Crippen LogP) is 13.5. The van der Waals surface area contributed by atoms with E-state index in [2.05, 4.69) is 203 Å². The van der Waals surface area contributed by atoms with Crippen molar-refractivity contribution in [2.24, 2.45) is 0 Å². The molecule has 0 aliphatic rings. The van der Waals surface area contributed by atoms with Gasteiger partial charge in [-0.1, -0.05) is 146 Å². The minimum Gasteiger partial charge on any atom is -0.437 e. The molecule has 0 radical (unpaired) electrons. The van der Waals surface area contributed by atoms with Crippen LogP contribution in [-0.4, -0.2) is 4.40 Å². The highest BCUT2D eigenvalue weighted by Crippen LogP contribution is 2.42. The van der Waals surface area contributed by atoms with Crippen LogP contribution in [0.1, 0.15) is 0 Å².